The number of hydrogen-bond donors (Lipinski definition) is 2. The van der Waals surface area contributed by atoms with Crippen LogP contribution in [0.25, 0.3) is 0 Å². The fraction of sp³-hybridized carbons (Fsp3) is 0.538. The molecule has 0 bridgehead atoms. The number of aliphatic hydroxyl groups is 1. The van der Waals surface area contributed by atoms with Gasteiger partial charge in [-0.25, -0.2) is 0 Å². The van der Waals surface area contributed by atoms with Crippen molar-refractivity contribution in [1.29, 1.82) is 0 Å². The number of hydrogen-bond acceptors (Lipinski definition) is 4. The van der Waals surface area contributed by atoms with Crippen molar-refractivity contribution in [2.24, 2.45) is 5.73 Å². The van der Waals surface area contributed by atoms with Crippen LogP contribution in [-0.4, -0.2) is 16.9 Å². The quantitative estimate of drug-likeness (QED) is 0.819. The molecule has 2 atom stereocenters. The van der Waals surface area contributed by atoms with Gasteiger partial charge in [-0.3, -0.25) is 0 Å². The van der Waals surface area contributed by atoms with Crippen LogP contribution in [0.1, 0.15) is 37.9 Å². The molecule has 4 nitrogen and oxygen atoms in total. The predicted octanol–water partition coefficient (Wildman–Crippen LogP) is 1.72. The van der Waals surface area contributed by atoms with Gasteiger partial charge >= 0.3 is 0 Å². The molecule has 4 heteroatoms. The second kappa shape index (κ2) is 3.62. The Hall–Kier alpha value is -1.26. The van der Waals surface area contributed by atoms with Crippen molar-refractivity contribution in [3.8, 4) is 11.5 Å². The molecule has 1 fully saturated rings. The van der Waals surface area contributed by atoms with Crippen molar-refractivity contribution in [1.82, 2.24) is 0 Å². The lowest BCUT2D eigenvalue weighted by Crippen LogP contribution is -2.45. The van der Waals surface area contributed by atoms with Gasteiger partial charge in [0.15, 0.2) is 11.5 Å². The fourth-order valence-electron chi connectivity index (χ4n) is 2.27. The van der Waals surface area contributed by atoms with E-state index in [0.29, 0.717) is 0 Å². The van der Waals surface area contributed by atoms with Crippen molar-refractivity contribution >= 4 is 0 Å². The first-order valence-electron chi connectivity index (χ1n) is 6.05. The van der Waals surface area contributed by atoms with E-state index in [0.717, 1.165) is 36.3 Å². The van der Waals surface area contributed by atoms with Gasteiger partial charge in [-0.05, 0) is 31.0 Å². The summed E-state index contributed by atoms with van der Waals surface area (Å²) in [5.41, 5.74) is 6.46. The van der Waals surface area contributed by atoms with E-state index in [-0.39, 0.29) is 6.04 Å². The molecule has 1 heterocycles. The van der Waals surface area contributed by atoms with Crippen LogP contribution in [-0.2, 0) is 0 Å². The molecule has 1 saturated carbocycles. The Labute approximate surface area is 100 Å². The SMILES string of the molecule is CC(N)C(O)c1ccc2c(c1)OC1(CCC1)O2. The first-order valence-corrected chi connectivity index (χ1v) is 6.05. The predicted molar refractivity (Wildman–Crippen MR) is 62.9 cm³/mol. The number of benzene rings is 1. The standard InChI is InChI=1S/C13H17NO3/c1-8(14)12(15)9-3-4-10-11(7-9)17-13(16-10)5-2-6-13/h3-4,7-8,12,15H,2,5-6,14H2,1H3. The molecule has 0 amide bonds. The molecule has 2 aliphatic rings. The van der Waals surface area contributed by atoms with Gasteiger partial charge in [0.1, 0.15) is 0 Å². The Morgan fingerprint density at radius 2 is 2.00 bits per heavy atom. The molecule has 0 radical (unpaired) electrons. The van der Waals surface area contributed by atoms with Crippen molar-refractivity contribution in [3.05, 3.63) is 23.8 Å². The molecule has 1 aromatic rings. The van der Waals surface area contributed by atoms with Gasteiger partial charge in [0.25, 0.3) is 5.79 Å². The molecule has 1 spiro atoms. The van der Waals surface area contributed by atoms with Gasteiger partial charge in [-0.2, -0.15) is 0 Å². The van der Waals surface area contributed by atoms with Crippen LogP contribution in [0.5, 0.6) is 11.5 Å². The zero-order valence-electron chi connectivity index (χ0n) is 9.85. The van der Waals surface area contributed by atoms with Gasteiger partial charge in [0, 0.05) is 18.9 Å². The smallest absolute Gasteiger partial charge is 0.251 e. The van der Waals surface area contributed by atoms with Crippen molar-refractivity contribution in [3.63, 3.8) is 0 Å². The van der Waals surface area contributed by atoms with Gasteiger partial charge in [-0.1, -0.05) is 6.07 Å². The molecule has 1 aliphatic carbocycles. The van der Waals surface area contributed by atoms with E-state index in [1.54, 1.807) is 6.92 Å². The maximum Gasteiger partial charge on any atom is 0.251 e. The van der Waals surface area contributed by atoms with E-state index in [1.807, 2.05) is 18.2 Å². The third-order valence-electron chi connectivity index (χ3n) is 3.51. The van der Waals surface area contributed by atoms with Crippen LogP contribution in [0.2, 0.25) is 0 Å². The third-order valence-corrected chi connectivity index (χ3v) is 3.51. The fourth-order valence-corrected chi connectivity index (χ4v) is 2.27. The minimum atomic E-state index is -0.665. The highest BCUT2D eigenvalue weighted by atomic mass is 16.7. The first kappa shape index (κ1) is 10.9. The molecular weight excluding hydrogens is 218 g/mol. The van der Waals surface area contributed by atoms with Crippen molar-refractivity contribution < 1.29 is 14.6 Å². The molecule has 0 saturated heterocycles. The van der Waals surface area contributed by atoms with Crippen LogP contribution in [0.3, 0.4) is 0 Å². The summed E-state index contributed by atoms with van der Waals surface area (Å²) >= 11 is 0. The molecule has 3 rings (SSSR count). The molecule has 17 heavy (non-hydrogen) atoms. The lowest BCUT2D eigenvalue weighted by atomic mass is 9.91. The summed E-state index contributed by atoms with van der Waals surface area (Å²) in [5.74, 6) is 1.08. The number of nitrogens with two attached hydrogens (primary N) is 1. The summed E-state index contributed by atoms with van der Waals surface area (Å²) in [7, 11) is 0. The Morgan fingerprint density at radius 3 is 2.59 bits per heavy atom. The number of ether oxygens (including phenoxy) is 2. The van der Waals surface area contributed by atoms with Gasteiger partial charge < -0.3 is 20.3 Å². The summed E-state index contributed by atoms with van der Waals surface area (Å²) in [5, 5.41) is 9.91. The highest BCUT2D eigenvalue weighted by Crippen LogP contribution is 2.48. The maximum absolute atomic E-state index is 9.91. The summed E-state index contributed by atoms with van der Waals surface area (Å²) in [6, 6.07) is 5.22. The molecule has 1 aromatic carbocycles. The number of fused-ring (bicyclic) bond motifs is 1. The minimum Gasteiger partial charge on any atom is -0.448 e. The summed E-state index contributed by atoms with van der Waals surface area (Å²) in [6.45, 7) is 1.78. The third kappa shape index (κ3) is 1.68. The highest BCUT2D eigenvalue weighted by molar-refractivity contribution is 5.47. The van der Waals surface area contributed by atoms with Crippen LogP contribution in [0, 0.1) is 0 Å². The van der Waals surface area contributed by atoms with E-state index in [2.05, 4.69) is 0 Å². The largest absolute Gasteiger partial charge is 0.448 e. The Morgan fingerprint density at radius 1 is 1.29 bits per heavy atom. The lowest BCUT2D eigenvalue weighted by Gasteiger charge is -2.35. The molecule has 3 N–H and O–H groups in total. The average molecular weight is 235 g/mol. The number of aliphatic hydroxyl groups excluding tert-OH is 1. The van der Waals surface area contributed by atoms with Crippen LogP contribution in [0.4, 0.5) is 0 Å². The second-order valence-electron chi connectivity index (χ2n) is 4.98. The van der Waals surface area contributed by atoms with E-state index in [9.17, 15) is 5.11 Å². The Bertz CT molecular complexity index is 440. The van der Waals surface area contributed by atoms with E-state index < -0.39 is 11.9 Å². The highest BCUT2D eigenvalue weighted by Gasteiger charge is 2.47. The normalized spacial score (nSPS) is 23.2. The van der Waals surface area contributed by atoms with E-state index in [4.69, 9.17) is 15.2 Å². The second-order valence-corrected chi connectivity index (χ2v) is 4.98. The Kier molecular flexibility index (Phi) is 2.31. The Balaban J connectivity index is 1.87. The van der Waals surface area contributed by atoms with Crippen LogP contribution in [0.15, 0.2) is 18.2 Å². The maximum atomic E-state index is 9.91. The molecule has 92 valence electrons. The van der Waals surface area contributed by atoms with Gasteiger partial charge in [-0.15, -0.1) is 0 Å². The van der Waals surface area contributed by atoms with Crippen molar-refractivity contribution in [2.75, 3.05) is 0 Å². The topological polar surface area (TPSA) is 64.7 Å². The van der Waals surface area contributed by atoms with Crippen molar-refractivity contribution in [2.45, 2.75) is 44.1 Å². The van der Waals surface area contributed by atoms with Gasteiger partial charge in [0.05, 0.1) is 6.10 Å². The van der Waals surface area contributed by atoms with E-state index >= 15 is 0 Å². The molecule has 0 aromatic heterocycles. The van der Waals surface area contributed by atoms with Gasteiger partial charge in [0.2, 0.25) is 0 Å². The zero-order chi connectivity index (χ0) is 12.0. The first-order chi connectivity index (χ1) is 8.10. The summed E-state index contributed by atoms with van der Waals surface area (Å²) < 4.78 is 11.6. The summed E-state index contributed by atoms with van der Waals surface area (Å²) in [6.07, 6.45) is 2.35. The average Bonchev–Trinajstić information content (AvgIpc) is 2.65. The molecule has 2 unspecified atom stereocenters. The van der Waals surface area contributed by atoms with Crippen LogP contribution < -0.4 is 15.2 Å². The summed E-state index contributed by atoms with van der Waals surface area (Å²) in [4.78, 5) is 0. The molecule has 1 aliphatic heterocycles. The minimum absolute atomic E-state index is 0.298. The monoisotopic (exact) mass is 235 g/mol. The molecular formula is C13H17NO3. The lowest BCUT2D eigenvalue weighted by molar-refractivity contribution is -0.138. The van der Waals surface area contributed by atoms with Crippen LogP contribution >= 0.6 is 0 Å². The van der Waals surface area contributed by atoms with E-state index in [1.165, 1.54) is 0 Å². The number of rotatable bonds is 2. The zero-order valence-corrected chi connectivity index (χ0v) is 9.85.